The Morgan fingerprint density at radius 2 is 1.08 bits per heavy atom. The number of fused-ring (bicyclic) bond motifs is 3. The van der Waals surface area contributed by atoms with E-state index < -0.39 is 0 Å². The summed E-state index contributed by atoms with van der Waals surface area (Å²) in [6, 6.07) is 26.4. The molecule has 2 heterocycles. The maximum atomic E-state index is 12.1. The van der Waals surface area contributed by atoms with E-state index in [4.69, 9.17) is 9.47 Å². The topological polar surface area (TPSA) is 43.3 Å². The number of halogens is 2. The molecule has 7 heteroatoms. The van der Waals surface area contributed by atoms with Gasteiger partial charge in [0.1, 0.15) is 19.3 Å². The monoisotopic (exact) mass is 822 g/mol. The molecule has 0 unspecified atom stereocenters. The molecule has 5 nitrogen and oxygen atoms in total. The number of pyridine rings is 2. The third-order valence-corrected chi connectivity index (χ3v) is 9.80. The molecule has 2 aromatic heterocycles. The van der Waals surface area contributed by atoms with Crippen molar-refractivity contribution in [1.82, 2.24) is 0 Å². The number of hydrogen-bond acceptors (Lipinski definition) is 3. The van der Waals surface area contributed by atoms with Crippen molar-refractivity contribution in [2.24, 2.45) is 7.05 Å². The van der Waals surface area contributed by atoms with Crippen molar-refractivity contribution in [1.29, 1.82) is 0 Å². The number of unbranched alkanes of at least 4 members (excludes halogenated alkanes) is 15. The van der Waals surface area contributed by atoms with Crippen LogP contribution < -0.4 is 47.8 Å². The first-order chi connectivity index (χ1) is 24.1. The van der Waals surface area contributed by atoms with Gasteiger partial charge in [0, 0.05) is 30.7 Å². The predicted octanol–water partition coefficient (Wildman–Crippen LogP) is 5.01. The molecule has 0 bridgehead atoms. The number of esters is 1. The zero-order valence-electron chi connectivity index (χ0n) is 31.5. The van der Waals surface area contributed by atoms with Crippen LogP contribution in [0.15, 0.2) is 85.1 Å². The van der Waals surface area contributed by atoms with Gasteiger partial charge in [-0.25, -0.2) is 4.79 Å². The summed E-state index contributed by atoms with van der Waals surface area (Å²) in [5, 5.41) is 3.08. The smallest absolute Gasteiger partial charge is 0.339 e. The van der Waals surface area contributed by atoms with E-state index in [-0.39, 0.29) is 39.9 Å². The molecule has 278 valence electrons. The first-order valence-electron chi connectivity index (χ1n) is 18.9. The van der Waals surface area contributed by atoms with Crippen molar-refractivity contribution < 1.29 is 57.4 Å². The second kappa shape index (κ2) is 25.0. The molecule has 3 aromatic carbocycles. The lowest BCUT2D eigenvalue weighted by molar-refractivity contribution is -0.671. The Labute approximate surface area is 328 Å². The van der Waals surface area contributed by atoms with E-state index in [0.29, 0.717) is 5.56 Å². The molecule has 0 N–H and O–H groups in total. The fourth-order valence-electron chi connectivity index (χ4n) is 6.96. The van der Waals surface area contributed by atoms with Crippen molar-refractivity contribution >= 4 is 38.7 Å². The van der Waals surface area contributed by atoms with Crippen molar-refractivity contribution in [2.45, 2.75) is 116 Å². The molecule has 0 fully saturated rings. The number of rotatable bonds is 19. The van der Waals surface area contributed by atoms with Gasteiger partial charge in [-0.05, 0) is 36.8 Å². The average Bonchev–Trinajstić information content (AvgIpc) is 3.14. The summed E-state index contributed by atoms with van der Waals surface area (Å²) >= 11 is 0. The van der Waals surface area contributed by atoms with Gasteiger partial charge < -0.3 is 43.4 Å². The minimum absolute atomic E-state index is 0. The third kappa shape index (κ3) is 13.5. The highest BCUT2D eigenvalue weighted by Crippen LogP contribution is 2.25. The molecular weight excluding hydrogens is 764 g/mol. The molecule has 0 atom stereocenters. The number of aromatic nitrogens is 2. The molecule has 5 rings (SSSR count). The van der Waals surface area contributed by atoms with Crippen LogP contribution in [-0.4, -0.2) is 20.2 Å². The molecular formula is C44H60Br2N2O3. The highest BCUT2D eigenvalue weighted by molar-refractivity contribution is 6.12. The van der Waals surface area contributed by atoms with Gasteiger partial charge >= 0.3 is 5.97 Å². The lowest BCUT2D eigenvalue weighted by atomic mass is 10.0. The second-order valence-electron chi connectivity index (χ2n) is 13.4. The number of carbonyl (C=O) groups excluding carboxylic acids is 1. The van der Waals surface area contributed by atoms with Gasteiger partial charge in [-0.15, -0.1) is 0 Å². The summed E-state index contributed by atoms with van der Waals surface area (Å²) in [7, 11) is 5.15. The number of nitrogens with zero attached hydrogens (tertiary/aromatic N) is 2. The van der Waals surface area contributed by atoms with Gasteiger partial charge in [0.2, 0.25) is 16.6 Å². The second-order valence-corrected chi connectivity index (χ2v) is 13.4. The Balaban J connectivity index is 0.000000370. The maximum absolute atomic E-state index is 12.1. The van der Waals surface area contributed by atoms with Crippen LogP contribution in [0, 0.1) is 0 Å². The summed E-state index contributed by atoms with van der Waals surface area (Å²) in [4.78, 5) is 12.1. The molecule has 0 saturated carbocycles. The zero-order chi connectivity index (χ0) is 34.7. The highest BCUT2D eigenvalue weighted by atomic mass is 79.9. The first-order valence-corrected chi connectivity index (χ1v) is 18.9. The van der Waals surface area contributed by atoms with Crippen LogP contribution in [0.2, 0.25) is 0 Å². The van der Waals surface area contributed by atoms with Gasteiger partial charge in [-0.2, -0.15) is 9.13 Å². The molecule has 0 aliphatic rings. The van der Waals surface area contributed by atoms with Crippen molar-refractivity contribution in [2.75, 3.05) is 14.2 Å². The number of aryl methyl sites for hydroxylation is 2. The average molecular weight is 825 g/mol. The first kappa shape index (κ1) is 44.1. The van der Waals surface area contributed by atoms with E-state index in [0.717, 1.165) is 34.1 Å². The van der Waals surface area contributed by atoms with Crippen LogP contribution in [0.25, 0.3) is 32.7 Å². The Hall–Kier alpha value is -3.03. The molecule has 5 aromatic rings. The molecule has 51 heavy (non-hydrogen) atoms. The van der Waals surface area contributed by atoms with E-state index in [1.54, 1.807) is 7.11 Å². The largest absolute Gasteiger partial charge is 1.00 e. The van der Waals surface area contributed by atoms with Crippen LogP contribution in [0.5, 0.6) is 5.75 Å². The van der Waals surface area contributed by atoms with Gasteiger partial charge in [-0.1, -0.05) is 121 Å². The summed E-state index contributed by atoms with van der Waals surface area (Å²) in [5.41, 5.74) is 3.97. The number of carbonyl (C=O) groups is 1. The molecule has 0 saturated heterocycles. The van der Waals surface area contributed by atoms with E-state index in [2.05, 4.69) is 52.6 Å². The van der Waals surface area contributed by atoms with Crippen LogP contribution >= 0.6 is 0 Å². The number of methoxy groups -OCH3 is 2. The normalized spacial score (nSPS) is 10.7. The zero-order valence-corrected chi connectivity index (χ0v) is 34.7. The van der Waals surface area contributed by atoms with E-state index >= 15 is 0 Å². The third-order valence-electron chi connectivity index (χ3n) is 9.80. The molecule has 0 spiro atoms. The molecule has 0 aliphatic carbocycles. The number of hydrogen-bond donors (Lipinski definition) is 0. The van der Waals surface area contributed by atoms with Crippen molar-refractivity contribution in [3.63, 3.8) is 0 Å². The van der Waals surface area contributed by atoms with E-state index in [9.17, 15) is 4.79 Å². The lowest BCUT2D eigenvalue weighted by Gasteiger charge is -2.08. The van der Waals surface area contributed by atoms with E-state index in [1.165, 1.54) is 121 Å². The van der Waals surface area contributed by atoms with Gasteiger partial charge in [0.15, 0.2) is 6.20 Å². The number of ether oxygens (including phenoxy) is 2. The predicted molar refractivity (Wildman–Crippen MR) is 204 cm³/mol. The quantitative estimate of drug-likeness (QED) is 0.0510. The summed E-state index contributed by atoms with van der Waals surface area (Å²) in [5.74, 6) is 0.635. The molecule has 0 amide bonds. The molecule has 0 aliphatic heterocycles. The van der Waals surface area contributed by atoms with Crippen LogP contribution in [0.1, 0.15) is 120 Å². The summed E-state index contributed by atoms with van der Waals surface area (Å²) in [6.07, 6.45) is 24.9. The van der Waals surface area contributed by atoms with Crippen molar-refractivity contribution in [3.05, 3.63) is 90.6 Å². The Morgan fingerprint density at radius 3 is 1.57 bits per heavy atom. The van der Waals surface area contributed by atoms with Crippen LogP contribution in [0.3, 0.4) is 0 Å². The van der Waals surface area contributed by atoms with Gasteiger partial charge in [-0.3, -0.25) is 0 Å². The minimum Gasteiger partial charge on any atom is -1.00 e. The SMILES string of the molecule is CCCCCCCCCCCCCCCCCC[n+]1cccc2cc(OC)ccc21.COC(=O)c1c2ccccc2[n+](C)c2ccccc12.[Br-].[Br-]. The summed E-state index contributed by atoms with van der Waals surface area (Å²) in [6.45, 7) is 3.41. The Kier molecular flexibility index (Phi) is 21.7. The lowest BCUT2D eigenvalue weighted by Crippen LogP contribution is -3.00. The minimum atomic E-state index is -0.298. The highest BCUT2D eigenvalue weighted by Gasteiger charge is 2.22. The maximum Gasteiger partial charge on any atom is 0.339 e. The van der Waals surface area contributed by atoms with Gasteiger partial charge in [0.25, 0.3) is 0 Å². The Morgan fingerprint density at radius 1 is 0.588 bits per heavy atom. The van der Waals surface area contributed by atoms with E-state index in [1.807, 2.05) is 55.6 Å². The van der Waals surface area contributed by atoms with Crippen LogP contribution in [-0.2, 0) is 18.3 Å². The summed E-state index contributed by atoms with van der Waals surface area (Å²) < 4.78 is 14.8. The van der Waals surface area contributed by atoms with Crippen molar-refractivity contribution in [3.8, 4) is 5.75 Å². The number of para-hydroxylation sites is 2. The standard InChI is InChI=1S/C28H46NO.C16H14NO2.2BrH/c1-3-4-5-6-7-8-9-10-11-12-13-14-15-16-17-18-23-29-24-19-20-26-25-27(30-2)21-22-28(26)29;1-17-13-9-5-3-7-11(13)15(16(18)19-2)12-8-4-6-10-14(12)17;;/h19-22,24-25H,3-18,23H2,1-2H3;3-10H,1-2H3;2*1H/q2*+1;;/p-2. The fourth-order valence-corrected chi connectivity index (χ4v) is 6.96. The van der Waals surface area contributed by atoms with Gasteiger partial charge in [0.05, 0.1) is 35.9 Å². The number of benzene rings is 3. The molecule has 0 radical (unpaired) electrons. The van der Waals surface area contributed by atoms with Crippen LogP contribution in [0.4, 0.5) is 0 Å². The Bertz CT molecular complexity index is 1690. The fraction of sp³-hybridized carbons (Fsp3) is 0.477.